The van der Waals surface area contributed by atoms with E-state index < -0.39 is 0 Å². The zero-order valence-electron chi connectivity index (χ0n) is 18.9. The number of hydrogen-bond donors (Lipinski definition) is 1. The smallest absolute Gasteiger partial charge is 0.0586 e. The molecule has 162 valence electrons. The highest BCUT2D eigenvalue weighted by atomic mass is 15.0. The second-order valence-electron chi connectivity index (χ2n) is 8.17. The summed E-state index contributed by atoms with van der Waals surface area (Å²) in [6.07, 6.45) is 2.58. The number of aryl methyl sites for hydroxylation is 3. The van der Waals surface area contributed by atoms with Crippen molar-refractivity contribution in [3.8, 4) is 0 Å². The lowest BCUT2D eigenvalue weighted by atomic mass is 9.87. The fourth-order valence-electron chi connectivity index (χ4n) is 4.01. The second-order valence-corrected chi connectivity index (χ2v) is 8.17. The third kappa shape index (κ3) is 5.62. The van der Waals surface area contributed by atoms with Gasteiger partial charge in [-0.1, -0.05) is 24.3 Å². The Kier molecular flexibility index (Phi) is 6.97. The minimum absolute atomic E-state index is 0.0477. The molecule has 2 atom stereocenters. The van der Waals surface area contributed by atoms with Crippen LogP contribution in [0.3, 0.4) is 0 Å². The third-order valence-electron chi connectivity index (χ3n) is 5.52. The van der Waals surface area contributed by atoms with E-state index in [1.807, 2.05) is 63.4 Å². The first kappa shape index (κ1) is 21.8. The maximum Gasteiger partial charge on any atom is 0.0586 e. The Morgan fingerprint density at radius 3 is 1.94 bits per heavy atom. The SMILES string of the molecule is Cc1cccc(CC(c2cccc(C)n2)C(NCc2ccccn2)c2cccc(C)n2)n1. The average Bonchev–Trinajstić information content (AvgIpc) is 2.79. The highest BCUT2D eigenvalue weighted by Gasteiger charge is 2.28. The quantitative estimate of drug-likeness (QED) is 0.430. The van der Waals surface area contributed by atoms with Gasteiger partial charge in [-0.3, -0.25) is 19.9 Å². The van der Waals surface area contributed by atoms with Crippen LogP contribution in [-0.4, -0.2) is 19.9 Å². The monoisotopic (exact) mass is 423 g/mol. The first-order valence-corrected chi connectivity index (χ1v) is 11.0. The van der Waals surface area contributed by atoms with E-state index in [9.17, 15) is 0 Å². The van der Waals surface area contributed by atoms with Gasteiger partial charge in [-0.15, -0.1) is 0 Å². The molecule has 0 bridgehead atoms. The van der Waals surface area contributed by atoms with Gasteiger partial charge in [0.1, 0.15) is 0 Å². The van der Waals surface area contributed by atoms with Gasteiger partial charge in [0.25, 0.3) is 0 Å². The predicted octanol–water partition coefficient (Wildman–Crippen LogP) is 5.05. The highest BCUT2D eigenvalue weighted by molar-refractivity contribution is 5.25. The number of aromatic nitrogens is 4. The van der Waals surface area contributed by atoms with Crippen molar-refractivity contribution in [2.45, 2.75) is 45.7 Å². The average molecular weight is 424 g/mol. The maximum absolute atomic E-state index is 4.90. The summed E-state index contributed by atoms with van der Waals surface area (Å²) in [5, 5.41) is 3.74. The molecule has 4 rings (SSSR count). The largest absolute Gasteiger partial charge is 0.302 e. The van der Waals surface area contributed by atoms with Gasteiger partial charge < -0.3 is 5.32 Å². The van der Waals surface area contributed by atoms with Gasteiger partial charge in [-0.05, 0) is 75.7 Å². The van der Waals surface area contributed by atoms with E-state index in [2.05, 4.69) is 46.7 Å². The summed E-state index contributed by atoms with van der Waals surface area (Å²) in [6.45, 7) is 6.74. The standard InChI is InChI=1S/C27H29N5/c1-19-9-6-13-22(30-19)17-24(25-14-7-10-20(2)31-25)27(26-15-8-11-21(3)32-26)29-18-23-12-4-5-16-28-23/h4-16,24,27,29H,17-18H2,1-3H3. The summed E-state index contributed by atoms with van der Waals surface area (Å²) in [5.74, 6) is 0.0576. The molecule has 0 aliphatic carbocycles. The Labute approximate surface area is 190 Å². The summed E-state index contributed by atoms with van der Waals surface area (Å²) >= 11 is 0. The number of hydrogen-bond acceptors (Lipinski definition) is 5. The van der Waals surface area contributed by atoms with Gasteiger partial charge in [0.05, 0.1) is 17.4 Å². The Hall–Kier alpha value is -3.44. The molecule has 4 aromatic rings. The van der Waals surface area contributed by atoms with E-state index in [4.69, 9.17) is 15.0 Å². The molecule has 4 heterocycles. The second kappa shape index (κ2) is 10.2. The molecule has 0 amide bonds. The van der Waals surface area contributed by atoms with Crippen LogP contribution in [0.25, 0.3) is 0 Å². The summed E-state index contributed by atoms with van der Waals surface area (Å²) in [7, 11) is 0. The zero-order valence-corrected chi connectivity index (χ0v) is 18.9. The molecular weight excluding hydrogens is 394 g/mol. The molecule has 5 nitrogen and oxygen atoms in total. The molecule has 5 heteroatoms. The molecule has 0 aromatic carbocycles. The molecule has 0 radical (unpaired) electrons. The van der Waals surface area contributed by atoms with Crippen LogP contribution in [0.15, 0.2) is 79.0 Å². The van der Waals surface area contributed by atoms with Crippen molar-refractivity contribution in [1.29, 1.82) is 0 Å². The summed E-state index contributed by atoms with van der Waals surface area (Å²) in [6, 6.07) is 24.5. The van der Waals surface area contributed by atoms with Crippen molar-refractivity contribution in [3.05, 3.63) is 119 Å². The lowest BCUT2D eigenvalue weighted by Gasteiger charge is -2.28. The van der Waals surface area contributed by atoms with Gasteiger partial charge in [0.15, 0.2) is 0 Å². The fraction of sp³-hybridized carbons (Fsp3) is 0.259. The highest BCUT2D eigenvalue weighted by Crippen LogP contribution is 2.33. The van der Waals surface area contributed by atoms with Crippen LogP contribution in [0.1, 0.15) is 51.8 Å². The normalized spacial score (nSPS) is 13.0. The van der Waals surface area contributed by atoms with Gasteiger partial charge in [-0.2, -0.15) is 0 Å². The molecule has 0 aliphatic heterocycles. The van der Waals surface area contributed by atoms with E-state index in [0.29, 0.717) is 6.54 Å². The lowest BCUT2D eigenvalue weighted by molar-refractivity contribution is 0.419. The minimum Gasteiger partial charge on any atom is -0.302 e. The third-order valence-corrected chi connectivity index (χ3v) is 5.52. The Morgan fingerprint density at radius 1 is 0.656 bits per heavy atom. The molecule has 0 aliphatic rings. The summed E-state index contributed by atoms with van der Waals surface area (Å²) in [5.41, 5.74) is 7.11. The number of pyridine rings is 4. The van der Waals surface area contributed by atoms with Gasteiger partial charge in [0, 0.05) is 47.1 Å². The Morgan fingerprint density at radius 2 is 1.28 bits per heavy atom. The van der Waals surface area contributed by atoms with Gasteiger partial charge in [-0.25, -0.2) is 0 Å². The van der Waals surface area contributed by atoms with Crippen LogP contribution in [-0.2, 0) is 13.0 Å². The molecule has 0 saturated carbocycles. The zero-order chi connectivity index (χ0) is 22.3. The summed E-state index contributed by atoms with van der Waals surface area (Å²) < 4.78 is 0. The fourth-order valence-corrected chi connectivity index (χ4v) is 4.01. The predicted molar refractivity (Wildman–Crippen MR) is 127 cm³/mol. The van der Waals surface area contributed by atoms with Gasteiger partial charge >= 0.3 is 0 Å². The first-order chi connectivity index (χ1) is 15.6. The van der Waals surface area contributed by atoms with Crippen molar-refractivity contribution < 1.29 is 0 Å². The van der Waals surface area contributed by atoms with E-state index >= 15 is 0 Å². The minimum atomic E-state index is -0.0477. The van der Waals surface area contributed by atoms with E-state index in [1.165, 1.54) is 0 Å². The van der Waals surface area contributed by atoms with E-state index in [0.717, 1.165) is 46.3 Å². The number of nitrogens with one attached hydrogen (secondary N) is 1. The summed E-state index contributed by atoms with van der Waals surface area (Å²) in [4.78, 5) is 19.1. The molecule has 0 saturated heterocycles. The molecule has 0 spiro atoms. The molecule has 4 aromatic heterocycles. The van der Waals surface area contributed by atoms with E-state index in [1.54, 1.807) is 0 Å². The molecular formula is C27H29N5. The topological polar surface area (TPSA) is 63.6 Å². The van der Waals surface area contributed by atoms with Crippen LogP contribution in [0.5, 0.6) is 0 Å². The Bertz CT molecular complexity index is 1160. The first-order valence-electron chi connectivity index (χ1n) is 11.0. The van der Waals surface area contributed by atoms with Crippen molar-refractivity contribution in [2.75, 3.05) is 0 Å². The number of nitrogens with zero attached hydrogens (tertiary/aromatic N) is 4. The van der Waals surface area contributed by atoms with Crippen molar-refractivity contribution in [2.24, 2.45) is 0 Å². The lowest BCUT2D eigenvalue weighted by Crippen LogP contribution is -2.30. The number of rotatable bonds is 8. The molecule has 2 unspecified atom stereocenters. The van der Waals surface area contributed by atoms with Crippen LogP contribution in [0, 0.1) is 20.8 Å². The van der Waals surface area contributed by atoms with E-state index in [-0.39, 0.29) is 12.0 Å². The molecule has 0 fully saturated rings. The molecule has 32 heavy (non-hydrogen) atoms. The molecule has 1 N–H and O–H groups in total. The van der Waals surface area contributed by atoms with Gasteiger partial charge in [0.2, 0.25) is 0 Å². The van der Waals surface area contributed by atoms with Crippen LogP contribution in [0.4, 0.5) is 0 Å². The van der Waals surface area contributed by atoms with Crippen LogP contribution >= 0.6 is 0 Å². The van der Waals surface area contributed by atoms with Crippen molar-refractivity contribution in [3.63, 3.8) is 0 Å². The van der Waals surface area contributed by atoms with Crippen LogP contribution < -0.4 is 5.32 Å². The van der Waals surface area contributed by atoms with Crippen molar-refractivity contribution >= 4 is 0 Å². The Balaban J connectivity index is 1.75. The van der Waals surface area contributed by atoms with Crippen molar-refractivity contribution in [1.82, 2.24) is 25.3 Å². The van der Waals surface area contributed by atoms with Crippen LogP contribution in [0.2, 0.25) is 0 Å². The maximum atomic E-state index is 4.90.